The predicted octanol–water partition coefficient (Wildman–Crippen LogP) is 1.55. The zero-order chi connectivity index (χ0) is 12.4. The van der Waals surface area contributed by atoms with E-state index in [1.807, 2.05) is 7.05 Å². The van der Waals surface area contributed by atoms with E-state index in [1.165, 1.54) is 13.2 Å². The number of benzene rings is 1. The Morgan fingerprint density at radius 3 is 2.82 bits per heavy atom. The van der Waals surface area contributed by atoms with Gasteiger partial charge in [-0.25, -0.2) is 8.78 Å². The minimum Gasteiger partial charge on any atom is -0.493 e. The number of methoxy groups -OCH3 is 1. The Morgan fingerprint density at radius 2 is 2.18 bits per heavy atom. The second-order valence-corrected chi connectivity index (χ2v) is 4.21. The number of rotatable bonds is 2. The maximum atomic E-state index is 13.6. The summed E-state index contributed by atoms with van der Waals surface area (Å²) in [5, 5.41) is 3.21. The minimum atomic E-state index is -0.651. The third kappa shape index (κ3) is 2.40. The Kier molecular flexibility index (Phi) is 3.59. The van der Waals surface area contributed by atoms with Gasteiger partial charge < -0.3 is 10.1 Å². The van der Waals surface area contributed by atoms with E-state index in [2.05, 4.69) is 10.2 Å². The van der Waals surface area contributed by atoms with Crippen LogP contribution in [0.15, 0.2) is 12.1 Å². The minimum absolute atomic E-state index is 0.0658. The molecular formula is C12H16F2N2O. The number of nitrogens with one attached hydrogen (secondary N) is 1. The summed E-state index contributed by atoms with van der Waals surface area (Å²) in [4.78, 5) is 2.06. The molecule has 1 unspecified atom stereocenters. The fourth-order valence-electron chi connectivity index (χ4n) is 2.20. The molecule has 1 aromatic carbocycles. The van der Waals surface area contributed by atoms with E-state index in [0.717, 1.165) is 19.2 Å². The lowest BCUT2D eigenvalue weighted by atomic mass is 10.0. The molecule has 0 amide bonds. The van der Waals surface area contributed by atoms with Gasteiger partial charge >= 0.3 is 0 Å². The van der Waals surface area contributed by atoms with Gasteiger partial charge in [-0.15, -0.1) is 0 Å². The molecule has 2 rings (SSSR count). The molecule has 1 aliphatic rings. The van der Waals surface area contributed by atoms with Crippen molar-refractivity contribution in [1.29, 1.82) is 0 Å². The van der Waals surface area contributed by atoms with Gasteiger partial charge in [0.25, 0.3) is 0 Å². The maximum Gasteiger partial charge on any atom is 0.168 e. The van der Waals surface area contributed by atoms with E-state index in [1.54, 1.807) is 0 Å². The lowest BCUT2D eigenvalue weighted by Gasteiger charge is -2.34. The Balaban J connectivity index is 2.42. The summed E-state index contributed by atoms with van der Waals surface area (Å²) in [5.74, 6) is -1.09. The largest absolute Gasteiger partial charge is 0.493 e. The fraction of sp³-hybridized carbons (Fsp3) is 0.500. The highest BCUT2D eigenvalue weighted by Crippen LogP contribution is 2.32. The number of hydrogen-bond donors (Lipinski definition) is 1. The molecule has 0 saturated carbocycles. The van der Waals surface area contributed by atoms with Crippen LogP contribution in [-0.4, -0.2) is 38.7 Å². The van der Waals surface area contributed by atoms with Crippen LogP contribution in [0.2, 0.25) is 0 Å². The topological polar surface area (TPSA) is 24.5 Å². The highest BCUT2D eigenvalue weighted by molar-refractivity contribution is 5.38. The molecular weight excluding hydrogens is 226 g/mol. The monoisotopic (exact) mass is 242 g/mol. The van der Waals surface area contributed by atoms with Crippen LogP contribution >= 0.6 is 0 Å². The van der Waals surface area contributed by atoms with Gasteiger partial charge in [0, 0.05) is 31.3 Å². The number of halogens is 2. The summed E-state index contributed by atoms with van der Waals surface area (Å²) in [7, 11) is 3.34. The van der Waals surface area contributed by atoms with Gasteiger partial charge in [-0.1, -0.05) is 0 Å². The zero-order valence-corrected chi connectivity index (χ0v) is 9.96. The molecule has 1 aromatic rings. The van der Waals surface area contributed by atoms with Gasteiger partial charge in [0.05, 0.1) is 13.2 Å². The number of piperazine rings is 1. The molecule has 1 aliphatic heterocycles. The van der Waals surface area contributed by atoms with E-state index in [9.17, 15) is 8.78 Å². The van der Waals surface area contributed by atoms with Gasteiger partial charge in [-0.2, -0.15) is 0 Å². The SMILES string of the molecule is COc1c(F)cc(F)cc1C1CNCCN1C. The number of ether oxygens (including phenoxy) is 1. The summed E-state index contributed by atoms with van der Waals surface area (Å²) in [6.07, 6.45) is 0. The van der Waals surface area contributed by atoms with Crippen molar-refractivity contribution in [3.63, 3.8) is 0 Å². The molecule has 0 aromatic heterocycles. The fourth-order valence-corrected chi connectivity index (χ4v) is 2.20. The predicted molar refractivity (Wildman–Crippen MR) is 61.2 cm³/mol. The van der Waals surface area contributed by atoms with Crippen molar-refractivity contribution in [3.8, 4) is 5.75 Å². The molecule has 0 bridgehead atoms. The first-order valence-corrected chi connectivity index (χ1v) is 5.57. The van der Waals surface area contributed by atoms with Crippen LogP contribution in [0.1, 0.15) is 11.6 Å². The molecule has 1 heterocycles. The molecule has 1 N–H and O–H groups in total. The standard InChI is InChI=1S/C12H16F2N2O/c1-16-4-3-15-7-11(16)9-5-8(13)6-10(14)12(9)17-2/h5-6,11,15H,3-4,7H2,1-2H3. The Bertz CT molecular complexity index is 412. The van der Waals surface area contributed by atoms with Crippen LogP contribution < -0.4 is 10.1 Å². The van der Waals surface area contributed by atoms with Crippen LogP contribution in [0.5, 0.6) is 5.75 Å². The van der Waals surface area contributed by atoms with E-state index >= 15 is 0 Å². The Labute approximate surface area is 99.4 Å². The van der Waals surface area contributed by atoms with Crippen molar-refractivity contribution >= 4 is 0 Å². The van der Waals surface area contributed by atoms with Crippen molar-refractivity contribution < 1.29 is 13.5 Å². The zero-order valence-electron chi connectivity index (χ0n) is 9.96. The number of likely N-dealkylation sites (N-methyl/N-ethyl adjacent to an activating group) is 1. The third-order valence-electron chi connectivity index (χ3n) is 3.11. The summed E-state index contributed by atoms with van der Waals surface area (Å²) in [6.45, 7) is 2.38. The van der Waals surface area contributed by atoms with Gasteiger partial charge in [0.15, 0.2) is 11.6 Å². The van der Waals surface area contributed by atoms with E-state index in [4.69, 9.17) is 4.74 Å². The van der Waals surface area contributed by atoms with Crippen LogP contribution in [0.25, 0.3) is 0 Å². The maximum absolute atomic E-state index is 13.6. The van der Waals surface area contributed by atoms with Crippen LogP contribution in [0, 0.1) is 11.6 Å². The summed E-state index contributed by atoms with van der Waals surface area (Å²) in [5.41, 5.74) is 0.555. The number of nitrogens with zero attached hydrogens (tertiary/aromatic N) is 1. The lowest BCUT2D eigenvalue weighted by molar-refractivity contribution is 0.196. The molecule has 0 radical (unpaired) electrons. The van der Waals surface area contributed by atoms with Gasteiger partial charge in [0.2, 0.25) is 0 Å². The summed E-state index contributed by atoms with van der Waals surface area (Å²) >= 11 is 0. The molecule has 5 heteroatoms. The molecule has 0 aliphatic carbocycles. The average molecular weight is 242 g/mol. The lowest BCUT2D eigenvalue weighted by Crippen LogP contribution is -2.44. The first-order chi connectivity index (χ1) is 8.13. The molecule has 1 saturated heterocycles. The summed E-state index contributed by atoms with van der Waals surface area (Å²) in [6, 6.07) is 2.12. The molecule has 94 valence electrons. The quantitative estimate of drug-likeness (QED) is 0.851. The molecule has 1 fully saturated rings. The Hall–Kier alpha value is -1.20. The van der Waals surface area contributed by atoms with Gasteiger partial charge in [-0.3, -0.25) is 4.90 Å². The van der Waals surface area contributed by atoms with Crippen molar-refractivity contribution in [1.82, 2.24) is 10.2 Å². The van der Waals surface area contributed by atoms with E-state index < -0.39 is 11.6 Å². The van der Waals surface area contributed by atoms with Crippen molar-refractivity contribution in [2.24, 2.45) is 0 Å². The van der Waals surface area contributed by atoms with Crippen LogP contribution in [0.3, 0.4) is 0 Å². The highest BCUT2D eigenvalue weighted by atomic mass is 19.1. The highest BCUT2D eigenvalue weighted by Gasteiger charge is 2.25. The molecule has 17 heavy (non-hydrogen) atoms. The molecule has 1 atom stereocenters. The molecule has 3 nitrogen and oxygen atoms in total. The first-order valence-electron chi connectivity index (χ1n) is 5.57. The van der Waals surface area contributed by atoms with Crippen molar-refractivity contribution in [2.75, 3.05) is 33.8 Å². The third-order valence-corrected chi connectivity index (χ3v) is 3.11. The summed E-state index contributed by atoms with van der Waals surface area (Å²) < 4.78 is 31.9. The van der Waals surface area contributed by atoms with Gasteiger partial charge in [0.1, 0.15) is 5.82 Å². The van der Waals surface area contributed by atoms with Gasteiger partial charge in [-0.05, 0) is 13.1 Å². The second kappa shape index (κ2) is 4.98. The van der Waals surface area contributed by atoms with Crippen LogP contribution in [-0.2, 0) is 0 Å². The smallest absolute Gasteiger partial charge is 0.168 e. The van der Waals surface area contributed by atoms with E-state index in [0.29, 0.717) is 12.1 Å². The second-order valence-electron chi connectivity index (χ2n) is 4.21. The Morgan fingerprint density at radius 1 is 1.41 bits per heavy atom. The number of hydrogen-bond acceptors (Lipinski definition) is 3. The van der Waals surface area contributed by atoms with Crippen LogP contribution in [0.4, 0.5) is 8.78 Å². The van der Waals surface area contributed by atoms with Crippen molar-refractivity contribution in [3.05, 3.63) is 29.3 Å². The van der Waals surface area contributed by atoms with Crippen molar-refractivity contribution in [2.45, 2.75) is 6.04 Å². The molecule has 0 spiro atoms. The average Bonchev–Trinajstić information content (AvgIpc) is 2.28. The first kappa shape index (κ1) is 12.3. The normalized spacial score (nSPS) is 21.5. The van der Waals surface area contributed by atoms with E-state index in [-0.39, 0.29) is 11.8 Å².